The summed E-state index contributed by atoms with van der Waals surface area (Å²) in [7, 11) is 1.62. The van der Waals surface area contributed by atoms with Crippen LogP contribution in [0.15, 0.2) is 42.6 Å². The minimum absolute atomic E-state index is 0.0209. The molecule has 0 bridgehead atoms. The summed E-state index contributed by atoms with van der Waals surface area (Å²) in [6.07, 6.45) is 3.92. The van der Waals surface area contributed by atoms with Crippen LogP contribution >= 0.6 is 0 Å². The van der Waals surface area contributed by atoms with E-state index in [1.54, 1.807) is 19.4 Å². The molecule has 2 aromatic heterocycles. The summed E-state index contributed by atoms with van der Waals surface area (Å²) in [5, 5.41) is 13.6. The highest BCUT2D eigenvalue weighted by Gasteiger charge is 2.23. The first-order chi connectivity index (χ1) is 17.1. The topological polar surface area (TPSA) is 127 Å². The Morgan fingerprint density at radius 2 is 2.14 bits per heavy atom. The van der Waals surface area contributed by atoms with E-state index in [2.05, 4.69) is 31.2 Å². The Labute approximate surface area is 202 Å². The SMILES string of the molecule is COc1ccc2nccc(NC(=O)CC3CCC(NCc4ccc5c(n4)NC(=O)CO5)CN3)c2c1. The van der Waals surface area contributed by atoms with E-state index in [9.17, 15) is 9.59 Å². The van der Waals surface area contributed by atoms with E-state index in [4.69, 9.17) is 9.47 Å². The predicted octanol–water partition coefficient (Wildman–Crippen LogP) is 2.21. The summed E-state index contributed by atoms with van der Waals surface area (Å²) < 4.78 is 10.7. The number of hydrogen-bond donors (Lipinski definition) is 4. The van der Waals surface area contributed by atoms with Gasteiger partial charge in [-0.1, -0.05) is 0 Å². The lowest BCUT2D eigenvalue weighted by Gasteiger charge is -2.30. The maximum atomic E-state index is 12.7. The van der Waals surface area contributed by atoms with Gasteiger partial charge in [-0.3, -0.25) is 14.6 Å². The first-order valence-electron chi connectivity index (χ1n) is 11.7. The molecule has 10 heteroatoms. The van der Waals surface area contributed by atoms with Gasteiger partial charge in [-0.05, 0) is 49.2 Å². The molecule has 4 heterocycles. The number of carbonyl (C=O) groups is 2. The highest BCUT2D eigenvalue weighted by molar-refractivity contribution is 6.01. The smallest absolute Gasteiger partial charge is 0.263 e. The van der Waals surface area contributed by atoms with Crippen LogP contribution in [0.3, 0.4) is 0 Å². The van der Waals surface area contributed by atoms with E-state index in [1.807, 2.05) is 30.3 Å². The first-order valence-corrected chi connectivity index (χ1v) is 11.7. The molecule has 1 fully saturated rings. The molecule has 4 N–H and O–H groups in total. The molecule has 2 amide bonds. The van der Waals surface area contributed by atoms with Gasteiger partial charge in [0, 0.05) is 43.2 Å². The molecule has 0 aliphatic carbocycles. The van der Waals surface area contributed by atoms with Crippen LogP contribution in [-0.2, 0) is 16.1 Å². The third-order valence-corrected chi connectivity index (χ3v) is 6.28. The molecule has 2 aliphatic rings. The number of methoxy groups -OCH3 is 1. The lowest BCUT2D eigenvalue weighted by Crippen LogP contribution is -2.48. The van der Waals surface area contributed by atoms with Crippen LogP contribution in [0, 0.1) is 0 Å². The average Bonchev–Trinajstić information content (AvgIpc) is 2.88. The monoisotopic (exact) mass is 476 g/mol. The highest BCUT2D eigenvalue weighted by Crippen LogP contribution is 2.27. The predicted molar refractivity (Wildman–Crippen MR) is 132 cm³/mol. The molecule has 5 rings (SSSR count). The number of piperidine rings is 1. The minimum Gasteiger partial charge on any atom is -0.497 e. The molecule has 2 atom stereocenters. The van der Waals surface area contributed by atoms with Gasteiger partial charge in [0.2, 0.25) is 5.91 Å². The van der Waals surface area contributed by atoms with Crippen LogP contribution in [0.4, 0.5) is 11.5 Å². The molecular formula is C25H28N6O4. The Kier molecular flexibility index (Phi) is 6.73. The highest BCUT2D eigenvalue weighted by atomic mass is 16.5. The molecule has 2 aliphatic heterocycles. The number of rotatable bonds is 7. The fourth-order valence-electron chi connectivity index (χ4n) is 4.40. The molecule has 182 valence electrons. The fourth-order valence-corrected chi connectivity index (χ4v) is 4.40. The number of pyridine rings is 2. The van der Waals surface area contributed by atoms with Crippen LogP contribution in [0.25, 0.3) is 10.9 Å². The van der Waals surface area contributed by atoms with E-state index < -0.39 is 0 Å². The number of nitrogens with one attached hydrogen (secondary N) is 4. The first kappa shape index (κ1) is 23.0. The summed E-state index contributed by atoms with van der Waals surface area (Å²) >= 11 is 0. The number of ether oxygens (including phenoxy) is 2. The van der Waals surface area contributed by atoms with Crippen LogP contribution in [0.1, 0.15) is 25.0 Å². The largest absolute Gasteiger partial charge is 0.497 e. The van der Waals surface area contributed by atoms with Gasteiger partial charge >= 0.3 is 0 Å². The van der Waals surface area contributed by atoms with Gasteiger partial charge in [-0.25, -0.2) is 4.98 Å². The zero-order valence-corrected chi connectivity index (χ0v) is 19.5. The van der Waals surface area contributed by atoms with Crippen molar-refractivity contribution >= 4 is 34.2 Å². The summed E-state index contributed by atoms with van der Waals surface area (Å²) in [5.74, 6) is 1.55. The van der Waals surface area contributed by atoms with Crippen molar-refractivity contribution in [1.29, 1.82) is 0 Å². The third kappa shape index (κ3) is 5.50. The summed E-state index contributed by atoms with van der Waals surface area (Å²) in [4.78, 5) is 33.1. The van der Waals surface area contributed by atoms with Gasteiger partial charge in [0.1, 0.15) is 5.75 Å². The maximum Gasteiger partial charge on any atom is 0.263 e. The number of anilines is 2. The van der Waals surface area contributed by atoms with Crippen molar-refractivity contribution in [2.75, 3.05) is 30.9 Å². The van der Waals surface area contributed by atoms with Crippen LogP contribution < -0.4 is 30.7 Å². The number of amides is 2. The Morgan fingerprint density at radius 1 is 1.23 bits per heavy atom. The van der Waals surface area contributed by atoms with E-state index in [0.717, 1.165) is 47.4 Å². The van der Waals surface area contributed by atoms with E-state index in [1.165, 1.54) is 0 Å². The van der Waals surface area contributed by atoms with Crippen LogP contribution in [-0.4, -0.2) is 54.1 Å². The number of nitrogens with zero attached hydrogens (tertiary/aromatic N) is 2. The van der Waals surface area contributed by atoms with Crippen LogP contribution in [0.5, 0.6) is 11.5 Å². The van der Waals surface area contributed by atoms with Gasteiger partial charge in [-0.15, -0.1) is 0 Å². The quantitative estimate of drug-likeness (QED) is 0.409. The fraction of sp³-hybridized carbons (Fsp3) is 0.360. The zero-order chi connectivity index (χ0) is 24.2. The summed E-state index contributed by atoms with van der Waals surface area (Å²) in [5.41, 5.74) is 2.36. The zero-order valence-electron chi connectivity index (χ0n) is 19.5. The summed E-state index contributed by atoms with van der Waals surface area (Å²) in [6, 6.07) is 11.5. The number of aromatic nitrogens is 2. The van der Waals surface area contributed by atoms with Crippen LogP contribution in [0.2, 0.25) is 0 Å². The maximum absolute atomic E-state index is 12.7. The average molecular weight is 477 g/mol. The van der Waals surface area contributed by atoms with Crippen molar-refractivity contribution in [2.24, 2.45) is 0 Å². The van der Waals surface area contributed by atoms with Gasteiger partial charge in [0.05, 0.1) is 24.0 Å². The second-order valence-corrected chi connectivity index (χ2v) is 8.74. The Bertz CT molecular complexity index is 1240. The van der Waals surface area contributed by atoms with Gasteiger partial charge in [0.15, 0.2) is 18.2 Å². The number of hydrogen-bond acceptors (Lipinski definition) is 8. The molecule has 35 heavy (non-hydrogen) atoms. The minimum atomic E-state index is -0.196. The number of carbonyl (C=O) groups excluding carboxylic acids is 2. The molecule has 0 saturated carbocycles. The number of benzene rings is 1. The molecule has 2 unspecified atom stereocenters. The lowest BCUT2D eigenvalue weighted by molar-refractivity contribution is -0.119. The standard InChI is InChI=1S/C25H28N6O4/c1-34-18-5-6-20-19(11-18)21(8-9-26-20)30-23(32)10-15-2-3-16(12-27-15)28-13-17-4-7-22-25(29-17)31-24(33)14-35-22/h4-9,11,15-16,27-28H,2-3,10,12-14H2,1H3,(H,26,30,32)(H,29,31,33). The lowest BCUT2D eigenvalue weighted by atomic mass is 9.98. The third-order valence-electron chi connectivity index (χ3n) is 6.28. The van der Waals surface area contributed by atoms with Crippen molar-refractivity contribution < 1.29 is 19.1 Å². The van der Waals surface area contributed by atoms with Crippen molar-refractivity contribution in [2.45, 2.75) is 37.9 Å². The molecule has 3 aromatic rings. The van der Waals surface area contributed by atoms with Crippen molar-refractivity contribution in [3.63, 3.8) is 0 Å². The summed E-state index contributed by atoms with van der Waals surface area (Å²) in [6.45, 7) is 1.37. The Morgan fingerprint density at radius 3 is 2.97 bits per heavy atom. The van der Waals surface area contributed by atoms with Crippen molar-refractivity contribution in [3.8, 4) is 11.5 Å². The second kappa shape index (κ2) is 10.2. The Hall–Kier alpha value is -3.76. The van der Waals surface area contributed by atoms with E-state index in [0.29, 0.717) is 24.5 Å². The molecule has 10 nitrogen and oxygen atoms in total. The normalized spacial score (nSPS) is 19.4. The van der Waals surface area contributed by atoms with Crippen molar-refractivity contribution in [1.82, 2.24) is 20.6 Å². The van der Waals surface area contributed by atoms with E-state index >= 15 is 0 Å². The number of fused-ring (bicyclic) bond motifs is 2. The molecular weight excluding hydrogens is 448 g/mol. The van der Waals surface area contributed by atoms with E-state index in [-0.39, 0.29) is 30.5 Å². The van der Waals surface area contributed by atoms with Gasteiger partial charge < -0.3 is 30.7 Å². The molecule has 0 radical (unpaired) electrons. The Balaban J connectivity index is 1.10. The molecule has 1 aromatic carbocycles. The van der Waals surface area contributed by atoms with Gasteiger partial charge in [-0.2, -0.15) is 0 Å². The molecule has 0 spiro atoms. The second-order valence-electron chi connectivity index (χ2n) is 8.74. The van der Waals surface area contributed by atoms with Gasteiger partial charge in [0.25, 0.3) is 5.91 Å². The molecule has 1 saturated heterocycles. The van der Waals surface area contributed by atoms with Crippen molar-refractivity contribution in [3.05, 3.63) is 48.3 Å².